The summed E-state index contributed by atoms with van der Waals surface area (Å²) in [5.74, 6) is 2.45. The van der Waals surface area contributed by atoms with E-state index in [9.17, 15) is 4.21 Å². The van der Waals surface area contributed by atoms with Crippen LogP contribution in [0.3, 0.4) is 0 Å². The van der Waals surface area contributed by atoms with Crippen molar-refractivity contribution in [2.24, 2.45) is 10.9 Å². The van der Waals surface area contributed by atoms with Crippen LogP contribution in [0.4, 0.5) is 0 Å². The number of hydrogen-bond donors (Lipinski definition) is 2. The van der Waals surface area contributed by atoms with Crippen LogP contribution in [0.1, 0.15) is 58.8 Å². The molecule has 2 aliphatic carbocycles. The molecule has 4 atom stereocenters. The Labute approximate surface area is 155 Å². The van der Waals surface area contributed by atoms with Gasteiger partial charge in [0.2, 0.25) is 0 Å². The minimum Gasteiger partial charge on any atom is -0.357 e. The molecule has 1 saturated heterocycles. The lowest BCUT2D eigenvalue weighted by molar-refractivity contribution is 0.315. The molecule has 3 fully saturated rings. The van der Waals surface area contributed by atoms with Gasteiger partial charge in [-0.1, -0.05) is 13.3 Å². The molecule has 0 aromatic heterocycles. The number of hydrogen-bond acceptors (Lipinski definition) is 3. The molecular weight excluding hydrogens is 332 g/mol. The highest BCUT2D eigenvalue weighted by Gasteiger charge is 2.34. The first-order valence-electron chi connectivity index (χ1n) is 10.4. The van der Waals surface area contributed by atoms with Crippen molar-refractivity contribution in [2.75, 3.05) is 31.9 Å². The standard InChI is InChI=1S/C19H36N4OS/c1-3-20-19(21-13-15-10-11-23(14-15)17-8-9-17)22-16-6-5-7-18(12-16)25(24)4-2/h15-18H,3-14H2,1-2H3,(H2,20,21,22). The van der Waals surface area contributed by atoms with Crippen molar-refractivity contribution in [1.82, 2.24) is 15.5 Å². The highest BCUT2D eigenvalue weighted by molar-refractivity contribution is 7.85. The highest BCUT2D eigenvalue weighted by Crippen LogP contribution is 2.31. The van der Waals surface area contributed by atoms with Crippen molar-refractivity contribution in [3.05, 3.63) is 0 Å². The van der Waals surface area contributed by atoms with E-state index in [1.165, 1.54) is 45.2 Å². The van der Waals surface area contributed by atoms with Crippen molar-refractivity contribution in [2.45, 2.75) is 76.1 Å². The first-order valence-corrected chi connectivity index (χ1v) is 11.7. The summed E-state index contributed by atoms with van der Waals surface area (Å²) in [5.41, 5.74) is 0. The number of rotatable bonds is 7. The van der Waals surface area contributed by atoms with Crippen molar-refractivity contribution in [1.29, 1.82) is 0 Å². The summed E-state index contributed by atoms with van der Waals surface area (Å²) in [6.45, 7) is 8.47. The summed E-state index contributed by atoms with van der Waals surface area (Å²) >= 11 is 0. The van der Waals surface area contributed by atoms with Crippen LogP contribution >= 0.6 is 0 Å². The van der Waals surface area contributed by atoms with E-state index in [1.807, 2.05) is 6.92 Å². The van der Waals surface area contributed by atoms with E-state index in [1.54, 1.807) is 0 Å². The molecule has 1 aliphatic heterocycles. The zero-order valence-electron chi connectivity index (χ0n) is 16.0. The molecule has 2 saturated carbocycles. The summed E-state index contributed by atoms with van der Waals surface area (Å²) in [7, 11) is -0.667. The molecule has 0 amide bonds. The minimum absolute atomic E-state index is 0.362. The molecule has 0 aromatic rings. The van der Waals surface area contributed by atoms with Gasteiger partial charge in [0.25, 0.3) is 0 Å². The van der Waals surface area contributed by atoms with Crippen LogP contribution in [0.5, 0.6) is 0 Å². The maximum absolute atomic E-state index is 12.1. The highest BCUT2D eigenvalue weighted by atomic mass is 32.2. The molecule has 0 radical (unpaired) electrons. The van der Waals surface area contributed by atoms with Gasteiger partial charge in [-0.15, -0.1) is 0 Å². The third kappa shape index (κ3) is 5.68. The second-order valence-electron chi connectivity index (χ2n) is 7.90. The zero-order valence-corrected chi connectivity index (χ0v) is 16.8. The second kappa shape index (κ2) is 9.36. The second-order valence-corrected chi connectivity index (χ2v) is 9.91. The maximum atomic E-state index is 12.1. The fourth-order valence-corrected chi connectivity index (χ4v) is 5.62. The summed E-state index contributed by atoms with van der Waals surface area (Å²) < 4.78 is 12.1. The lowest BCUT2D eigenvalue weighted by Gasteiger charge is -2.30. The Bertz CT molecular complexity index is 480. The Morgan fingerprint density at radius 2 is 2.04 bits per heavy atom. The van der Waals surface area contributed by atoms with Crippen LogP contribution in [0.2, 0.25) is 0 Å². The molecule has 0 aromatic carbocycles. The maximum Gasteiger partial charge on any atom is 0.191 e. The number of likely N-dealkylation sites (tertiary alicyclic amines) is 1. The largest absolute Gasteiger partial charge is 0.357 e. The Hall–Kier alpha value is -0.620. The van der Waals surface area contributed by atoms with Gasteiger partial charge in [-0.25, -0.2) is 0 Å². The van der Waals surface area contributed by atoms with Crippen LogP contribution in [0.15, 0.2) is 4.99 Å². The lowest BCUT2D eigenvalue weighted by Crippen LogP contribution is -2.46. The van der Waals surface area contributed by atoms with Gasteiger partial charge < -0.3 is 15.5 Å². The summed E-state index contributed by atoms with van der Waals surface area (Å²) in [6, 6.07) is 1.30. The number of guanidine groups is 1. The molecule has 3 rings (SSSR count). The molecule has 4 unspecified atom stereocenters. The van der Waals surface area contributed by atoms with Gasteiger partial charge in [0.05, 0.1) is 0 Å². The van der Waals surface area contributed by atoms with Gasteiger partial charge in [-0.2, -0.15) is 0 Å². The van der Waals surface area contributed by atoms with Crippen LogP contribution in [0.25, 0.3) is 0 Å². The molecular formula is C19H36N4OS. The topological polar surface area (TPSA) is 56.7 Å². The molecule has 1 heterocycles. The predicted octanol–water partition coefficient (Wildman–Crippen LogP) is 2.11. The van der Waals surface area contributed by atoms with E-state index in [4.69, 9.17) is 4.99 Å². The summed E-state index contributed by atoms with van der Waals surface area (Å²) in [4.78, 5) is 7.54. The van der Waals surface area contributed by atoms with Gasteiger partial charge in [-0.05, 0) is 57.9 Å². The third-order valence-corrected chi connectivity index (χ3v) is 7.60. The smallest absolute Gasteiger partial charge is 0.191 e. The number of aliphatic imine (C=N–C) groups is 1. The lowest BCUT2D eigenvalue weighted by atomic mass is 9.95. The Morgan fingerprint density at radius 1 is 1.20 bits per heavy atom. The molecule has 0 spiro atoms. The fourth-order valence-electron chi connectivity index (χ4n) is 4.27. The molecule has 0 bridgehead atoms. The molecule has 5 nitrogen and oxygen atoms in total. The first kappa shape index (κ1) is 19.2. The Morgan fingerprint density at radius 3 is 2.76 bits per heavy atom. The van der Waals surface area contributed by atoms with Crippen LogP contribution < -0.4 is 10.6 Å². The van der Waals surface area contributed by atoms with Gasteiger partial charge in [0, 0.05) is 53.5 Å². The van der Waals surface area contributed by atoms with E-state index >= 15 is 0 Å². The SMILES string of the molecule is CCNC(=NCC1CCN(C2CC2)C1)NC1CCCC(S(=O)CC)C1. The van der Waals surface area contributed by atoms with Crippen LogP contribution in [-0.2, 0) is 10.8 Å². The van der Waals surface area contributed by atoms with Gasteiger partial charge in [0.15, 0.2) is 5.96 Å². The average molecular weight is 369 g/mol. The van der Waals surface area contributed by atoms with Crippen molar-refractivity contribution in [3.8, 4) is 0 Å². The van der Waals surface area contributed by atoms with E-state index in [2.05, 4.69) is 22.5 Å². The van der Waals surface area contributed by atoms with Gasteiger partial charge in [0.1, 0.15) is 0 Å². The van der Waals surface area contributed by atoms with Crippen molar-refractivity contribution in [3.63, 3.8) is 0 Å². The van der Waals surface area contributed by atoms with E-state index in [0.29, 0.717) is 17.2 Å². The van der Waals surface area contributed by atoms with Crippen molar-refractivity contribution < 1.29 is 4.21 Å². The molecule has 3 aliphatic rings. The Balaban J connectivity index is 1.49. The number of nitrogens with zero attached hydrogens (tertiary/aromatic N) is 2. The Kier molecular flexibility index (Phi) is 7.17. The normalized spacial score (nSPS) is 32.6. The minimum atomic E-state index is -0.667. The number of nitrogens with one attached hydrogen (secondary N) is 2. The van der Waals surface area contributed by atoms with E-state index < -0.39 is 10.8 Å². The van der Waals surface area contributed by atoms with Crippen LogP contribution in [0, 0.1) is 5.92 Å². The predicted molar refractivity (Wildman–Crippen MR) is 107 cm³/mol. The van der Waals surface area contributed by atoms with Gasteiger partial charge in [-0.3, -0.25) is 9.20 Å². The summed E-state index contributed by atoms with van der Waals surface area (Å²) in [5, 5.41) is 7.40. The third-order valence-electron chi connectivity index (χ3n) is 5.86. The van der Waals surface area contributed by atoms with Gasteiger partial charge >= 0.3 is 0 Å². The van der Waals surface area contributed by atoms with Crippen LogP contribution in [-0.4, -0.2) is 64.3 Å². The average Bonchev–Trinajstić information content (AvgIpc) is 3.38. The zero-order chi connectivity index (χ0) is 17.6. The quantitative estimate of drug-likeness (QED) is 0.534. The molecule has 6 heteroatoms. The fraction of sp³-hybridized carbons (Fsp3) is 0.947. The summed E-state index contributed by atoms with van der Waals surface area (Å²) in [6.07, 6.45) is 8.58. The van der Waals surface area contributed by atoms with Crippen molar-refractivity contribution >= 4 is 16.8 Å². The molecule has 2 N–H and O–H groups in total. The van der Waals surface area contributed by atoms with E-state index in [-0.39, 0.29) is 0 Å². The molecule has 25 heavy (non-hydrogen) atoms. The first-order chi connectivity index (χ1) is 12.2. The molecule has 144 valence electrons. The monoisotopic (exact) mass is 368 g/mol. The van der Waals surface area contributed by atoms with E-state index in [0.717, 1.165) is 43.7 Å².